The summed E-state index contributed by atoms with van der Waals surface area (Å²) in [4.78, 5) is 16.7. The Balaban J connectivity index is 1.56. The van der Waals surface area contributed by atoms with Gasteiger partial charge in [-0.1, -0.05) is 30.3 Å². The van der Waals surface area contributed by atoms with Crippen LogP contribution in [-0.4, -0.2) is 41.2 Å². The van der Waals surface area contributed by atoms with Gasteiger partial charge in [0, 0.05) is 45.5 Å². The number of carbonyl (C=O) groups is 1. The minimum atomic E-state index is 0.173. The van der Waals surface area contributed by atoms with E-state index in [1.54, 1.807) is 0 Å². The van der Waals surface area contributed by atoms with Crippen molar-refractivity contribution >= 4 is 11.6 Å². The van der Waals surface area contributed by atoms with Gasteiger partial charge < -0.3 is 9.80 Å². The molecule has 1 aromatic heterocycles. The summed E-state index contributed by atoms with van der Waals surface area (Å²) in [6, 6.07) is 18.4. The van der Waals surface area contributed by atoms with E-state index in [0.717, 1.165) is 22.5 Å². The fraction of sp³-hybridized carbons (Fsp3) is 0.304. The van der Waals surface area contributed by atoms with E-state index in [1.807, 2.05) is 73.3 Å². The highest BCUT2D eigenvalue weighted by Gasteiger charge is 2.13. The average Bonchev–Trinajstić information content (AvgIpc) is 3.20. The van der Waals surface area contributed by atoms with Gasteiger partial charge in [0.2, 0.25) is 5.91 Å². The van der Waals surface area contributed by atoms with Crippen LogP contribution >= 0.6 is 0 Å². The molecule has 28 heavy (non-hydrogen) atoms. The summed E-state index contributed by atoms with van der Waals surface area (Å²) in [5, 5.41) is 4.41. The fourth-order valence-electron chi connectivity index (χ4n) is 3.12. The molecule has 0 fully saturated rings. The topological polar surface area (TPSA) is 41.4 Å². The number of rotatable bonds is 8. The van der Waals surface area contributed by atoms with Gasteiger partial charge in [-0.3, -0.25) is 4.79 Å². The van der Waals surface area contributed by atoms with Crippen LogP contribution in [0.2, 0.25) is 0 Å². The Hall–Kier alpha value is -3.08. The molecule has 0 saturated heterocycles. The second-order valence-corrected chi connectivity index (χ2v) is 7.10. The van der Waals surface area contributed by atoms with E-state index in [2.05, 4.69) is 34.3 Å². The number of benzene rings is 2. The lowest BCUT2D eigenvalue weighted by molar-refractivity contribution is -0.131. The molecule has 3 aromatic rings. The quantitative estimate of drug-likeness (QED) is 0.598. The second-order valence-electron chi connectivity index (χ2n) is 7.10. The van der Waals surface area contributed by atoms with Crippen molar-refractivity contribution in [3.63, 3.8) is 0 Å². The number of aryl methyl sites for hydroxylation is 1. The zero-order valence-electron chi connectivity index (χ0n) is 16.9. The van der Waals surface area contributed by atoms with E-state index in [4.69, 9.17) is 0 Å². The maximum Gasteiger partial charge on any atom is 0.223 e. The van der Waals surface area contributed by atoms with Crippen molar-refractivity contribution in [2.24, 2.45) is 0 Å². The molecule has 0 N–H and O–H groups in total. The van der Waals surface area contributed by atoms with E-state index in [1.165, 1.54) is 0 Å². The van der Waals surface area contributed by atoms with Crippen LogP contribution in [0.3, 0.4) is 0 Å². The molecule has 2 aromatic carbocycles. The Bertz CT molecular complexity index is 884. The molecule has 0 radical (unpaired) electrons. The van der Waals surface area contributed by atoms with Gasteiger partial charge in [0.05, 0.1) is 11.9 Å². The van der Waals surface area contributed by atoms with Crippen LogP contribution in [0, 0.1) is 0 Å². The first-order valence-electron chi connectivity index (χ1n) is 9.70. The highest BCUT2D eigenvalue weighted by atomic mass is 16.2. The van der Waals surface area contributed by atoms with Crippen molar-refractivity contribution < 1.29 is 4.79 Å². The van der Waals surface area contributed by atoms with Gasteiger partial charge in [-0.25, -0.2) is 4.68 Å². The Labute approximate surface area is 167 Å². The minimum Gasteiger partial charge on any atom is -0.378 e. The summed E-state index contributed by atoms with van der Waals surface area (Å²) >= 11 is 0. The standard InChI is InChI=1S/C23H28N4O/c1-4-26(17-19-10-13-21(14-11-19)25(2)3)23(28)15-12-20-16-24-27(18-20)22-8-6-5-7-9-22/h5-11,13-14,16,18H,4,12,15,17H2,1-3H3. The first-order valence-corrected chi connectivity index (χ1v) is 9.70. The molecule has 0 unspecified atom stereocenters. The molecule has 0 aliphatic heterocycles. The van der Waals surface area contributed by atoms with Crippen LogP contribution in [0.15, 0.2) is 67.0 Å². The Morgan fingerprint density at radius 1 is 1.00 bits per heavy atom. The number of hydrogen-bond donors (Lipinski definition) is 0. The maximum absolute atomic E-state index is 12.7. The van der Waals surface area contributed by atoms with Crippen LogP contribution in [0.1, 0.15) is 24.5 Å². The van der Waals surface area contributed by atoms with E-state index in [9.17, 15) is 4.79 Å². The summed E-state index contributed by atoms with van der Waals surface area (Å²) in [5.74, 6) is 0.173. The Morgan fingerprint density at radius 2 is 1.71 bits per heavy atom. The number of amides is 1. The fourth-order valence-corrected chi connectivity index (χ4v) is 3.12. The van der Waals surface area contributed by atoms with Crippen LogP contribution in [-0.2, 0) is 17.8 Å². The lowest BCUT2D eigenvalue weighted by Crippen LogP contribution is -2.30. The molecule has 146 valence electrons. The largest absolute Gasteiger partial charge is 0.378 e. The van der Waals surface area contributed by atoms with Crippen molar-refractivity contribution in [2.75, 3.05) is 25.5 Å². The molecule has 1 heterocycles. The molecule has 5 heteroatoms. The van der Waals surface area contributed by atoms with Crippen molar-refractivity contribution in [2.45, 2.75) is 26.3 Å². The zero-order valence-corrected chi connectivity index (χ0v) is 16.9. The van der Waals surface area contributed by atoms with Crippen molar-refractivity contribution in [1.29, 1.82) is 0 Å². The van der Waals surface area contributed by atoms with E-state index in [0.29, 0.717) is 25.9 Å². The summed E-state index contributed by atoms with van der Waals surface area (Å²) in [6.45, 7) is 3.38. The van der Waals surface area contributed by atoms with Crippen molar-refractivity contribution in [3.8, 4) is 5.69 Å². The molecule has 5 nitrogen and oxygen atoms in total. The van der Waals surface area contributed by atoms with Gasteiger partial charge in [0.1, 0.15) is 0 Å². The predicted octanol–water partition coefficient (Wildman–Crippen LogP) is 3.92. The van der Waals surface area contributed by atoms with Crippen LogP contribution < -0.4 is 4.90 Å². The number of nitrogens with zero attached hydrogens (tertiary/aromatic N) is 4. The van der Waals surface area contributed by atoms with Gasteiger partial charge in [0.15, 0.2) is 0 Å². The second kappa shape index (κ2) is 9.22. The lowest BCUT2D eigenvalue weighted by atomic mass is 10.1. The van der Waals surface area contributed by atoms with Crippen LogP contribution in [0.4, 0.5) is 5.69 Å². The number of aromatic nitrogens is 2. The van der Waals surface area contributed by atoms with Crippen LogP contribution in [0.25, 0.3) is 5.69 Å². The minimum absolute atomic E-state index is 0.173. The average molecular weight is 377 g/mol. The van der Waals surface area contributed by atoms with Crippen LogP contribution in [0.5, 0.6) is 0 Å². The number of carbonyl (C=O) groups excluding carboxylic acids is 1. The SMILES string of the molecule is CCN(Cc1ccc(N(C)C)cc1)C(=O)CCc1cnn(-c2ccccc2)c1. The summed E-state index contributed by atoms with van der Waals surface area (Å²) in [5.41, 5.74) is 4.41. The van der Waals surface area contributed by atoms with E-state index >= 15 is 0 Å². The van der Waals surface area contributed by atoms with Gasteiger partial charge in [-0.15, -0.1) is 0 Å². The molecular weight excluding hydrogens is 348 g/mol. The van der Waals surface area contributed by atoms with Gasteiger partial charge in [0.25, 0.3) is 0 Å². The predicted molar refractivity (Wildman–Crippen MR) is 114 cm³/mol. The number of para-hydroxylation sites is 1. The molecule has 0 spiro atoms. The Kier molecular flexibility index (Phi) is 6.48. The first kappa shape index (κ1) is 19.7. The lowest BCUT2D eigenvalue weighted by Gasteiger charge is -2.21. The molecular formula is C23H28N4O. The zero-order chi connectivity index (χ0) is 19.9. The van der Waals surface area contributed by atoms with Gasteiger partial charge >= 0.3 is 0 Å². The summed E-state index contributed by atoms with van der Waals surface area (Å²) in [6.07, 6.45) is 5.03. The number of anilines is 1. The number of hydrogen-bond acceptors (Lipinski definition) is 3. The van der Waals surface area contributed by atoms with E-state index < -0.39 is 0 Å². The molecule has 0 bridgehead atoms. The molecule has 1 amide bonds. The monoisotopic (exact) mass is 376 g/mol. The summed E-state index contributed by atoms with van der Waals surface area (Å²) in [7, 11) is 4.05. The smallest absolute Gasteiger partial charge is 0.223 e. The van der Waals surface area contributed by atoms with Gasteiger partial charge in [-0.05, 0) is 48.7 Å². The summed E-state index contributed by atoms with van der Waals surface area (Å²) < 4.78 is 1.85. The molecule has 0 aliphatic carbocycles. The van der Waals surface area contributed by atoms with Crippen molar-refractivity contribution in [1.82, 2.24) is 14.7 Å². The highest BCUT2D eigenvalue weighted by molar-refractivity contribution is 5.76. The third kappa shape index (κ3) is 5.00. The molecule has 0 saturated carbocycles. The molecule has 3 rings (SSSR count). The van der Waals surface area contributed by atoms with Crippen molar-refractivity contribution in [3.05, 3.63) is 78.1 Å². The molecule has 0 atom stereocenters. The highest BCUT2D eigenvalue weighted by Crippen LogP contribution is 2.15. The third-order valence-corrected chi connectivity index (χ3v) is 4.84. The Morgan fingerprint density at radius 3 is 2.36 bits per heavy atom. The van der Waals surface area contributed by atoms with Gasteiger partial charge in [-0.2, -0.15) is 5.10 Å². The molecule has 0 aliphatic rings. The first-order chi connectivity index (χ1) is 13.6. The maximum atomic E-state index is 12.7. The third-order valence-electron chi connectivity index (χ3n) is 4.84. The van der Waals surface area contributed by atoms with E-state index in [-0.39, 0.29) is 5.91 Å². The normalized spacial score (nSPS) is 10.7.